The Morgan fingerprint density at radius 3 is 1.93 bits per heavy atom. The van der Waals surface area contributed by atoms with Crippen molar-refractivity contribution in [2.45, 2.75) is 66.3 Å². The van der Waals surface area contributed by atoms with Crippen LogP contribution in [0.15, 0.2) is 0 Å². The summed E-state index contributed by atoms with van der Waals surface area (Å²) in [6.07, 6.45) is 3.66. The molecule has 0 spiro atoms. The highest BCUT2D eigenvalue weighted by atomic mass is 14.8. The molecule has 0 radical (unpaired) electrons. The molecule has 1 fully saturated rings. The van der Waals surface area contributed by atoms with Crippen molar-refractivity contribution in [3.63, 3.8) is 0 Å². The summed E-state index contributed by atoms with van der Waals surface area (Å²) in [4.78, 5) is 0. The maximum absolute atomic E-state index is 6.48. The molecule has 1 saturated carbocycles. The Balaban J connectivity index is 2.99. The summed E-state index contributed by atoms with van der Waals surface area (Å²) < 4.78 is 0. The Kier molecular flexibility index (Phi) is 2.78. The summed E-state index contributed by atoms with van der Waals surface area (Å²) in [7, 11) is 0. The molecule has 0 heterocycles. The average Bonchev–Trinajstić information content (AvgIpc) is 1.76. The summed E-state index contributed by atoms with van der Waals surface area (Å²) in [6.45, 7) is 14.0. The Labute approximate surface area is 89.5 Å². The van der Waals surface area contributed by atoms with Gasteiger partial charge in [0.15, 0.2) is 0 Å². The van der Waals surface area contributed by atoms with Gasteiger partial charge in [-0.3, -0.25) is 0 Å². The van der Waals surface area contributed by atoms with Crippen molar-refractivity contribution in [3.05, 3.63) is 0 Å². The van der Waals surface area contributed by atoms with Crippen LogP contribution >= 0.6 is 0 Å². The summed E-state index contributed by atoms with van der Waals surface area (Å²) in [5.41, 5.74) is 7.29. The van der Waals surface area contributed by atoms with E-state index in [4.69, 9.17) is 5.73 Å². The van der Waals surface area contributed by atoms with Gasteiger partial charge in [0.05, 0.1) is 0 Å². The van der Waals surface area contributed by atoms with Gasteiger partial charge in [-0.05, 0) is 36.5 Å². The van der Waals surface area contributed by atoms with Crippen LogP contribution in [0.25, 0.3) is 0 Å². The smallest absolute Gasteiger partial charge is 0.0164 e. The van der Waals surface area contributed by atoms with Gasteiger partial charge in [-0.2, -0.15) is 0 Å². The van der Waals surface area contributed by atoms with Gasteiger partial charge >= 0.3 is 0 Å². The van der Waals surface area contributed by atoms with Crippen LogP contribution in [0.2, 0.25) is 0 Å². The highest BCUT2D eigenvalue weighted by Crippen LogP contribution is 2.53. The summed E-state index contributed by atoms with van der Waals surface area (Å²) in [6, 6.07) is 0. The van der Waals surface area contributed by atoms with E-state index in [-0.39, 0.29) is 5.54 Å². The molecule has 2 unspecified atom stereocenters. The molecule has 14 heavy (non-hydrogen) atoms. The van der Waals surface area contributed by atoms with E-state index in [0.29, 0.717) is 16.7 Å². The third-order valence-corrected chi connectivity index (χ3v) is 3.94. The molecule has 1 heteroatoms. The largest absolute Gasteiger partial charge is 0.325 e. The lowest BCUT2D eigenvalue weighted by atomic mass is 9.53. The average molecular weight is 197 g/mol. The fourth-order valence-corrected chi connectivity index (χ4v) is 4.48. The van der Waals surface area contributed by atoms with Crippen LogP contribution in [0.1, 0.15) is 60.8 Å². The molecular weight excluding hydrogens is 170 g/mol. The van der Waals surface area contributed by atoms with Crippen LogP contribution in [0, 0.1) is 16.7 Å². The van der Waals surface area contributed by atoms with Gasteiger partial charge in [-0.15, -0.1) is 0 Å². The third kappa shape index (κ3) is 2.13. The molecule has 0 aliphatic heterocycles. The Bertz CT molecular complexity index is 193. The van der Waals surface area contributed by atoms with Crippen LogP contribution in [-0.2, 0) is 0 Å². The van der Waals surface area contributed by atoms with Crippen LogP contribution in [0.3, 0.4) is 0 Å². The van der Waals surface area contributed by atoms with Crippen molar-refractivity contribution < 1.29 is 0 Å². The van der Waals surface area contributed by atoms with Crippen molar-refractivity contribution in [1.82, 2.24) is 0 Å². The standard InChI is InChI=1S/C13H27N/c1-7-10-12(4,5)8-11(2,3)9-13(10,6)14/h10H,7-9,14H2,1-6H3. The Morgan fingerprint density at radius 2 is 1.57 bits per heavy atom. The fraction of sp³-hybridized carbons (Fsp3) is 1.00. The summed E-state index contributed by atoms with van der Waals surface area (Å²) >= 11 is 0. The van der Waals surface area contributed by atoms with E-state index in [1.54, 1.807) is 0 Å². The first-order valence-electron chi connectivity index (χ1n) is 5.90. The van der Waals surface area contributed by atoms with E-state index in [9.17, 15) is 0 Å². The molecule has 2 N–H and O–H groups in total. The quantitative estimate of drug-likeness (QED) is 0.683. The molecular formula is C13H27N. The first-order valence-corrected chi connectivity index (χ1v) is 5.90. The van der Waals surface area contributed by atoms with Crippen LogP contribution in [0.4, 0.5) is 0 Å². The second-order valence-electron chi connectivity index (χ2n) is 6.97. The number of nitrogens with two attached hydrogens (primary N) is 1. The second-order valence-corrected chi connectivity index (χ2v) is 6.97. The zero-order chi connectivity index (χ0) is 11.2. The van der Waals surface area contributed by atoms with Crippen LogP contribution in [-0.4, -0.2) is 5.54 Å². The van der Waals surface area contributed by atoms with E-state index in [1.807, 2.05) is 0 Å². The molecule has 0 saturated heterocycles. The lowest BCUT2D eigenvalue weighted by Crippen LogP contribution is -2.57. The van der Waals surface area contributed by atoms with E-state index >= 15 is 0 Å². The Morgan fingerprint density at radius 1 is 1.07 bits per heavy atom. The van der Waals surface area contributed by atoms with Gasteiger partial charge in [-0.25, -0.2) is 0 Å². The number of hydrogen-bond acceptors (Lipinski definition) is 1. The predicted molar refractivity (Wildman–Crippen MR) is 63.2 cm³/mol. The highest BCUT2D eigenvalue weighted by molar-refractivity contribution is 5.03. The van der Waals surface area contributed by atoms with E-state index in [2.05, 4.69) is 41.5 Å². The molecule has 2 atom stereocenters. The highest BCUT2D eigenvalue weighted by Gasteiger charge is 2.49. The maximum atomic E-state index is 6.48. The first kappa shape index (κ1) is 12.0. The molecule has 0 aromatic carbocycles. The monoisotopic (exact) mass is 197 g/mol. The molecule has 1 aliphatic carbocycles. The molecule has 0 amide bonds. The molecule has 0 aromatic rings. The number of hydrogen-bond donors (Lipinski definition) is 1. The van der Waals surface area contributed by atoms with Gasteiger partial charge in [-0.1, -0.05) is 41.0 Å². The first-order chi connectivity index (χ1) is 6.11. The third-order valence-electron chi connectivity index (χ3n) is 3.94. The van der Waals surface area contributed by atoms with Crippen molar-refractivity contribution >= 4 is 0 Å². The van der Waals surface area contributed by atoms with Gasteiger partial charge < -0.3 is 5.73 Å². The normalized spacial score (nSPS) is 40.9. The van der Waals surface area contributed by atoms with Crippen molar-refractivity contribution in [3.8, 4) is 0 Å². The van der Waals surface area contributed by atoms with Crippen LogP contribution in [0.5, 0.6) is 0 Å². The fourth-order valence-electron chi connectivity index (χ4n) is 4.48. The van der Waals surface area contributed by atoms with Gasteiger partial charge in [0.25, 0.3) is 0 Å². The van der Waals surface area contributed by atoms with E-state index in [1.165, 1.54) is 12.8 Å². The van der Waals surface area contributed by atoms with E-state index < -0.39 is 0 Å². The molecule has 1 nitrogen and oxygen atoms in total. The lowest BCUT2D eigenvalue weighted by molar-refractivity contribution is -0.0150. The molecule has 1 aliphatic rings. The van der Waals surface area contributed by atoms with Crippen molar-refractivity contribution in [1.29, 1.82) is 0 Å². The molecule has 0 bridgehead atoms. The predicted octanol–water partition coefficient (Wildman–Crippen LogP) is 3.58. The van der Waals surface area contributed by atoms with Gasteiger partial charge in [0.2, 0.25) is 0 Å². The van der Waals surface area contributed by atoms with Gasteiger partial charge in [0.1, 0.15) is 0 Å². The topological polar surface area (TPSA) is 26.0 Å². The SMILES string of the molecule is CCC1C(C)(C)CC(C)(C)CC1(C)N. The van der Waals surface area contributed by atoms with Crippen molar-refractivity contribution in [2.24, 2.45) is 22.5 Å². The zero-order valence-electron chi connectivity index (χ0n) is 10.8. The minimum absolute atomic E-state index is 0.0139. The summed E-state index contributed by atoms with van der Waals surface area (Å²) in [5, 5.41) is 0. The lowest BCUT2D eigenvalue weighted by Gasteiger charge is -2.55. The molecule has 84 valence electrons. The van der Waals surface area contributed by atoms with E-state index in [0.717, 1.165) is 6.42 Å². The molecule has 0 aromatic heterocycles. The molecule has 1 rings (SSSR count). The Hall–Kier alpha value is -0.0400. The minimum atomic E-state index is 0.0139. The minimum Gasteiger partial charge on any atom is -0.325 e. The van der Waals surface area contributed by atoms with Gasteiger partial charge in [0, 0.05) is 5.54 Å². The zero-order valence-corrected chi connectivity index (χ0v) is 10.8. The van der Waals surface area contributed by atoms with Crippen molar-refractivity contribution in [2.75, 3.05) is 0 Å². The summed E-state index contributed by atoms with van der Waals surface area (Å²) in [5.74, 6) is 0.656. The van der Waals surface area contributed by atoms with Crippen LogP contribution < -0.4 is 5.73 Å². The number of rotatable bonds is 1. The second kappa shape index (κ2) is 3.23. The maximum Gasteiger partial charge on any atom is 0.0164 e.